The Morgan fingerprint density at radius 3 is 2.61 bits per heavy atom. The Hall–Kier alpha value is -4.95. The number of imidazole rings is 1. The van der Waals surface area contributed by atoms with Gasteiger partial charge in [0, 0.05) is 23.8 Å². The molecule has 1 aromatic heterocycles. The summed E-state index contributed by atoms with van der Waals surface area (Å²) in [6.07, 6.45) is 29.1. The average molecular weight is 667 g/mol. The molecule has 4 aromatic rings. The molecule has 4 aliphatic carbocycles. The summed E-state index contributed by atoms with van der Waals surface area (Å²) < 4.78 is 2.47. The predicted octanol–water partition coefficient (Wildman–Crippen LogP) is 12.4. The lowest BCUT2D eigenvalue weighted by atomic mass is 9.55. The molecule has 51 heavy (non-hydrogen) atoms. The molecule has 256 valence electrons. The van der Waals surface area contributed by atoms with Crippen LogP contribution < -0.4 is 0 Å². The van der Waals surface area contributed by atoms with E-state index in [9.17, 15) is 0 Å². The fourth-order valence-corrected chi connectivity index (χ4v) is 9.24. The molecule has 0 spiro atoms. The molecule has 0 radical (unpaired) electrons. The summed E-state index contributed by atoms with van der Waals surface area (Å²) >= 11 is 0. The first-order valence-electron chi connectivity index (χ1n) is 19.0. The Balaban J connectivity index is 1.18. The number of fused-ring (bicyclic) bond motifs is 4. The van der Waals surface area contributed by atoms with Crippen molar-refractivity contribution in [2.45, 2.75) is 65.3 Å². The Labute approximate surface area is 304 Å². The summed E-state index contributed by atoms with van der Waals surface area (Å²) in [5, 5.41) is 0. The monoisotopic (exact) mass is 666 g/mol. The number of aromatic nitrogens is 2. The number of rotatable bonds is 9. The van der Waals surface area contributed by atoms with Crippen LogP contribution in [-0.2, 0) is 13.0 Å². The van der Waals surface area contributed by atoms with Gasteiger partial charge in [0.2, 0.25) is 0 Å². The molecular formula is C49H50N2. The normalized spacial score (nSPS) is 25.2. The number of para-hydroxylation sites is 2. The van der Waals surface area contributed by atoms with Crippen LogP contribution in [0, 0.1) is 23.2 Å². The van der Waals surface area contributed by atoms with Crippen LogP contribution >= 0.6 is 0 Å². The van der Waals surface area contributed by atoms with Crippen molar-refractivity contribution in [3.05, 3.63) is 185 Å². The molecule has 0 bridgehead atoms. The molecule has 0 saturated heterocycles. The molecule has 0 N–H and O–H groups in total. The first kappa shape index (κ1) is 33.2. The maximum absolute atomic E-state index is 5.31. The quantitative estimate of drug-likeness (QED) is 0.163. The highest BCUT2D eigenvalue weighted by Crippen LogP contribution is 2.59. The van der Waals surface area contributed by atoms with Crippen LogP contribution in [-0.4, -0.2) is 9.55 Å². The van der Waals surface area contributed by atoms with Gasteiger partial charge in [-0.25, -0.2) is 4.98 Å². The highest BCUT2D eigenvalue weighted by atomic mass is 15.1. The maximum atomic E-state index is 5.31. The van der Waals surface area contributed by atoms with Crippen LogP contribution in [0.4, 0.5) is 0 Å². The zero-order valence-corrected chi connectivity index (χ0v) is 30.6. The number of hydrogen-bond acceptors (Lipinski definition) is 1. The van der Waals surface area contributed by atoms with Crippen LogP contribution in [0.1, 0.15) is 80.5 Å². The van der Waals surface area contributed by atoms with Gasteiger partial charge < -0.3 is 4.57 Å². The largest absolute Gasteiger partial charge is 0.323 e. The van der Waals surface area contributed by atoms with E-state index in [-0.39, 0.29) is 17.3 Å². The molecule has 8 rings (SSSR count). The van der Waals surface area contributed by atoms with Crippen molar-refractivity contribution in [3.8, 4) is 0 Å². The summed E-state index contributed by atoms with van der Waals surface area (Å²) in [5.41, 5.74) is 13.3. The van der Waals surface area contributed by atoms with Gasteiger partial charge in [-0.3, -0.25) is 0 Å². The Bertz CT molecular complexity index is 2210. The molecule has 1 heterocycles. The minimum Gasteiger partial charge on any atom is -0.323 e. The van der Waals surface area contributed by atoms with Crippen molar-refractivity contribution in [1.82, 2.24) is 9.55 Å². The second kappa shape index (κ2) is 13.6. The van der Waals surface area contributed by atoms with Gasteiger partial charge in [-0.05, 0) is 88.1 Å². The summed E-state index contributed by atoms with van der Waals surface area (Å²) in [6.45, 7) is 14.3. The predicted molar refractivity (Wildman–Crippen MR) is 216 cm³/mol. The standard InChI is InChI=1S/C49H50N2/c1-6-15-35(24-23-33(2)3)32-51-45-22-12-11-21-44(45)50-48(51)40-28-27-38(30-34(40)4)46-41-18-9-10-19-42(41)47(49(5)29-14-13-20-43(46)49)39-26-25-36-16-7-8-17-37(36)31-39/h6-14,16-22,24-30,33-34,39-40,47H,1,15,23,31-32H2,2-5H3/b35-24+. The van der Waals surface area contributed by atoms with Gasteiger partial charge in [0.15, 0.2) is 0 Å². The molecule has 0 fully saturated rings. The fraction of sp³-hybridized carbons (Fsp3) is 0.286. The van der Waals surface area contributed by atoms with E-state index in [2.05, 4.69) is 172 Å². The van der Waals surface area contributed by atoms with E-state index >= 15 is 0 Å². The number of benzene rings is 3. The Kier molecular flexibility index (Phi) is 8.88. The molecule has 0 amide bonds. The first-order chi connectivity index (χ1) is 24.9. The number of allylic oxidation sites excluding steroid dienone is 14. The van der Waals surface area contributed by atoms with Gasteiger partial charge in [-0.1, -0.05) is 161 Å². The van der Waals surface area contributed by atoms with Gasteiger partial charge >= 0.3 is 0 Å². The van der Waals surface area contributed by atoms with E-state index in [4.69, 9.17) is 4.98 Å². The van der Waals surface area contributed by atoms with Crippen LogP contribution in [0.2, 0.25) is 0 Å². The lowest BCUT2D eigenvalue weighted by Crippen LogP contribution is -2.37. The summed E-state index contributed by atoms with van der Waals surface area (Å²) in [7, 11) is 0. The van der Waals surface area contributed by atoms with Crippen LogP contribution in [0.3, 0.4) is 0 Å². The third-order valence-corrected chi connectivity index (χ3v) is 11.7. The molecule has 0 saturated carbocycles. The van der Waals surface area contributed by atoms with Crippen molar-refractivity contribution >= 4 is 22.7 Å². The van der Waals surface area contributed by atoms with E-state index < -0.39 is 0 Å². The highest BCUT2D eigenvalue weighted by molar-refractivity contribution is 5.91. The molecule has 5 unspecified atom stereocenters. The van der Waals surface area contributed by atoms with E-state index in [1.807, 2.05) is 6.08 Å². The number of hydrogen-bond donors (Lipinski definition) is 0. The molecule has 5 atom stereocenters. The molecule has 0 aliphatic heterocycles. The zero-order chi connectivity index (χ0) is 35.1. The molecule has 2 heteroatoms. The molecule has 4 aliphatic rings. The summed E-state index contributed by atoms with van der Waals surface area (Å²) in [5.74, 6) is 2.96. The van der Waals surface area contributed by atoms with Crippen molar-refractivity contribution in [2.24, 2.45) is 23.2 Å². The SMILES string of the molecule is C=CC/C(=C\CC(C)C)Cn1c(C2C=CC(C3=C4C=CC=CC4(C)C(C4C=Cc5ccccc5C4)c4ccccc43)=CC2C)nc2ccccc21. The van der Waals surface area contributed by atoms with Gasteiger partial charge in [-0.2, -0.15) is 0 Å². The smallest absolute Gasteiger partial charge is 0.117 e. The molecule has 3 aromatic carbocycles. The zero-order valence-electron chi connectivity index (χ0n) is 30.6. The molecule has 2 nitrogen and oxygen atoms in total. The van der Waals surface area contributed by atoms with Gasteiger partial charge in [-0.15, -0.1) is 6.58 Å². The molecular weight excluding hydrogens is 617 g/mol. The van der Waals surface area contributed by atoms with Gasteiger partial charge in [0.1, 0.15) is 5.82 Å². The van der Waals surface area contributed by atoms with Crippen molar-refractivity contribution < 1.29 is 0 Å². The van der Waals surface area contributed by atoms with Crippen molar-refractivity contribution in [1.29, 1.82) is 0 Å². The number of nitrogens with zero attached hydrogens (tertiary/aromatic N) is 2. The Morgan fingerprint density at radius 1 is 0.961 bits per heavy atom. The van der Waals surface area contributed by atoms with Crippen molar-refractivity contribution in [3.63, 3.8) is 0 Å². The average Bonchev–Trinajstić information content (AvgIpc) is 3.50. The highest BCUT2D eigenvalue weighted by Gasteiger charge is 2.47. The van der Waals surface area contributed by atoms with Crippen LogP contribution in [0.5, 0.6) is 0 Å². The minimum atomic E-state index is -0.133. The van der Waals surface area contributed by atoms with Crippen LogP contribution in [0.25, 0.3) is 22.7 Å². The minimum absolute atomic E-state index is 0.133. The third kappa shape index (κ3) is 5.99. The fourth-order valence-electron chi connectivity index (χ4n) is 9.24. The van der Waals surface area contributed by atoms with E-state index in [0.717, 1.165) is 37.1 Å². The lowest BCUT2D eigenvalue weighted by Gasteiger charge is -2.48. The Morgan fingerprint density at radius 2 is 1.76 bits per heavy atom. The topological polar surface area (TPSA) is 17.8 Å². The lowest BCUT2D eigenvalue weighted by molar-refractivity contribution is 0.322. The second-order valence-corrected chi connectivity index (χ2v) is 15.7. The van der Waals surface area contributed by atoms with Gasteiger partial charge in [0.25, 0.3) is 0 Å². The van der Waals surface area contributed by atoms with Gasteiger partial charge in [0.05, 0.1) is 11.0 Å². The first-order valence-corrected chi connectivity index (χ1v) is 19.0. The van der Waals surface area contributed by atoms with Crippen molar-refractivity contribution in [2.75, 3.05) is 0 Å². The second-order valence-electron chi connectivity index (χ2n) is 15.7. The van der Waals surface area contributed by atoms with E-state index in [1.54, 1.807) is 0 Å². The summed E-state index contributed by atoms with van der Waals surface area (Å²) in [4.78, 5) is 5.31. The van der Waals surface area contributed by atoms with E-state index in [0.29, 0.717) is 17.8 Å². The van der Waals surface area contributed by atoms with E-state index in [1.165, 1.54) is 50.1 Å². The third-order valence-electron chi connectivity index (χ3n) is 11.7. The summed E-state index contributed by atoms with van der Waals surface area (Å²) in [6, 6.07) is 26.8. The van der Waals surface area contributed by atoms with Crippen LogP contribution in [0.15, 0.2) is 157 Å². The maximum Gasteiger partial charge on any atom is 0.117 e.